The van der Waals surface area contributed by atoms with Crippen molar-refractivity contribution in [2.24, 2.45) is 0 Å². The van der Waals surface area contributed by atoms with E-state index >= 15 is 0 Å². The highest BCUT2D eigenvalue weighted by atomic mass is 35.5. The number of benzene rings is 1. The third kappa shape index (κ3) is 2.63. The van der Waals surface area contributed by atoms with Gasteiger partial charge in [0.1, 0.15) is 0 Å². The number of aliphatic hydroxyl groups excluding tert-OH is 1. The second-order valence-corrected chi connectivity index (χ2v) is 3.79. The number of nitrogens with zero attached hydrogens (tertiary/aromatic N) is 1. The number of aliphatic hydroxyl groups is 1. The Morgan fingerprint density at radius 2 is 2.14 bits per heavy atom. The van der Waals surface area contributed by atoms with Crippen molar-refractivity contribution in [2.45, 2.75) is 20.0 Å². The number of hydrogen-bond donors (Lipinski definition) is 1. The molecule has 0 unspecified atom stereocenters. The van der Waals surface area contributed by atoms with Crippen LogP contribution in [0.1, 0.15) is 18.9 Å². The molecule has 0 atom stereocenters. The van der Waals surface area contributed by atoms with Crippen molar-refractivity contribution >= 4 is 17.3 Å². The summed E-state index contributed by atoms with van der Waals surface area (Å²) < 4.78 is 0. The highest BCUT2D eigenvalue weighted by Gasteiger charge is 2.06. The molecule has 0 aliphatic heterocycles. The summed E-state index contributed by atoms with van der Waals surface area (Å²) in [5.74, 6) is 0. The van der Waals surface area contributed by atoms with E-state index in [0.29, 0.717) is 5.02 Å². The van der Waals surface area contributed by atoms with Crippen LogP contribution in [0.2, 0.25) is 5.02 Å². The first kappa shape index (κ1) is 11.3. The maximum absolute atomic E-state index is 9.16. The number of halogens is 1. The Bertz CT molecular complexity index is 301. The molecular weight excluding hydrogens is 198 g/mol. The van der Waals surface area contributed by atoms with Gasteiger partial charge in [-0.05, 0) is 18.6 Å². The van der Waals surface area contributed by atoms with E-state index in [4.69, 9.17) is 16.7 Å². The van der Waals surface area contributed by atoms with Gasteiger partial charge in [-0.25, -0.2) is 0 Å². The fourth-order valence-electron chi connectivity index (χ4n) is 1.48. The summed E-state index contributed by atoms with van der Waals surface area (Å²) in [5, 5.41) is 9.87. The van der Waals surface area contributed by atoms with Crippen LogP contribution in [-0.4, -0.2) is 18.7 Å². The SMILES string of the molecule is CCCN(C)c1cc(Cl)ccc1CO. The maximum Gasteiger partial charge on any atom is 0.0702 e. The lowest BCUT2D eigenvalue weighted by molar-refractivity contribution is 0.282. The fourth-order valence-corrected chi connectivity index (χ4v) is 1.65. The van der Waals surface area contributed by atoms with Crippen molar-refractivity contribution in [1.82, 2.24) is 0 Å². The molecule has 0 saturated carbocycles. The Balaban J connectivity index is 2.97. The van der Waals surface area contributed by atoms with Gasteiger partial charge in [0.05, 0.1) is 6.61 Å². The third-order valence-electron chi connectivity index (χ3n) is 2.19. The Hall–Kier alpha value is -0.730. The summed E-state index contributed by atoms with van der Waals surface area (Å²) in [7, 11) is 2.01. The van der Waals surface area contributed by atoms with E-state index in [0.717, 1.165) is 24.2 Å². The van der Waals surface area contributed by atoms with Crippen LogP contribution in [0.5, 0.6) is 0 Å². The van der Waals surface area contributed by atoms with Gasteiger partial charge in [0.15, 0.2) is 0 Å². The monoisotopic (exact) mass is 213 g/mol. The van der Waals surface area contributed by atoms with Crippen LogP contribution in [0.15, 0.2) is 18.2 Å². The summed E-state index contributed by atoms with van der Waals surface area (Å²) in [6.07, 6.45) is 1.08. The lowest BCUT2D eigenvalue weighted by atomic mass is 10.1. The number of anilines is 1. The second-order valence-electron chi connectivity index (χ2n) is 3.35. The highest BCUT2D eigenvalue weighted by molar-refractivity contribution is 6.30. The van der Waals surface area contributed by atoms with Crippen molar-refractivity contribution in [2.75, 3.05) is 18.5 Å². The average molecular weight is 214 g/mol. The molecule has 0 heterocycles. The second kappa shape index (κ2) is 5.23. The Kier molecular flexibility index (Phi) is 4.23. The van der Waals surface area contributed by atoms with Gasteiger partial charge in [-0.15, -0.1) is 0 Å². The van der Waals surface area contributed by atoms with Gasteiger partial charge >= 0.3 is 0 Å². The van der Waals surface area contributed by atoms with Gasteiger partial charge in [0.2, 0.25) is 0 Å². The summed E-state index contributed by atoms with van der Waals surface area (Å²) in [6, 6.07) is 5.56. The van der Waals surface area contributed by atoms with Gasteiger partial charge in [0.25, 0.3) is 0 Å². The van der Waals surface area contributed by atoms with Crippen molar-refractivity contribution in [1.29, 1.82) is 0 Å². The molecule has 0 aromatic heterocycles. The molecule has 14 heavy (non-hydrogen) atoms. The lowest BCUT2D eigenvalue weighted by Crippen LogP contribution is -2.19. The summed E-state index contributed by atoms with van der Waals surface area (Å²) >= 11 is 5.91. The Morgan fingerprint density at radius 3 is 2.71 bits per heavy atom. The molecule has 0 aliphatic carbocycles. The van der Waals surface area contributed by atoms with Gasteiger partial charge in [-0.1, -0.05) is 24.6 Å². The van der Waals surface area contributed by atoms with E-state index in [-0.39, 0.29) is 6.61 Å². The van der Waals surface area contributed by atoms with Crippen LogP contribution < -0.4 is 4.90 Å². The molecule has 0 fully saturated rings. The molecule has 0 amide bonds. The molecule has 3 heteroatoms. The van der Waals surface area contributed by atoms with E-state index in [1.807, 2.05) is 19.2 Å². The first-order valence-electron chi connectivity index (χ1n) is 4.79. The van der Waals surface area contributed by atoms with Gasteiger partial charge < -0.3 is 10.0 Å². The molecule has 0 aliphatic rings. The molecule has 1 rings (SSSR count). The van der Waals surface area contributed by atoms with Crippen LogP contribution in [0.3, 0.4) is 0 Å². The van der Waals surface area contributed by atoms with Gasteiger partial charge in [-0.3, -0.25) is 0 Å². The predicted octanol–water partition coefficient (Wildman–Crippen LogP) is 2.68. The largest absolute Gasteiger partial charge is 0.392 e. The standard InChI is InChI=1S/C11H16ClNO/c1-3-6-13(2)11-7-10(12)5-4-9(11)8-14/h4-5,7,14H,3,6,8H2,1-2H3. The quantitative estimate of drug-likeness (QED) is 0.832. The smallest absolute Gasteiger partial charge is 0.0702 e. The minimum absolute atomic E-state index is 0.0561. The van der Waals surface area contributed by atoms with Gasteiger partial charge in [0, 0.05) is 29.9 Å². The van der Waals surface area contributed by atoms with Crippen molar-refractivity contribution in [3.05, 3.63) is 28.8 Å². The molecule has 1 aromatic carbocycles. The van der Waals surface area contributed by atoms with Crippen LogP contribution in [0.4, 0.5) is 5.69 Å². The van der Waals surface area contributed by atoms with E-state index in [1.54, 1.807) is 6.07 Å². The molecular formula is C11H16ClNO. The van der Waals surface area contributed by atoms with Crippen molar-refractivity contribution in [3.8, 4) is 0 Å². The maximum atomic E-state index is 9.16. The minimum Gasteiger partial charge on any atom is -0.392 e. The minimum atomic E-state index is 0.0561. The zero-order valence-corrected chi connectivity index (χ0v) is 9.38. The predicted molar refractivity (Wildman–Crippen MR) is 60.9 cm³/mol. The lowest BCUT2D eigenvalue weighted by Gasteiger charge is -2.21. The summed E-state index contributed by atoms with van der Waals surface area (Å²) in [5.41, 5.74) is 1.94. The van der Waals surface area contributed by atoms with Crippen LogP contribution in [-0.2, 0) is 6.61 Å². The van der Waals surface area contributed by atoms with E-state index in [1.165, 1.54) is 0 Å². The zero-order chi connectivity index (χ0) is 10.6. The van der Waals surface area contributed by atoms with Crippen LogP contribution in [0, 0.1) is 0 Å². The molecule has 0 radical (unpaired) electrons. The van der Waals surface area contributed by atoms with Crippen LogP contribution in [0.25, 0.3) is 0 Å². The van der Waals surface area contributed by atoms with Crippen LogP contribution >= 0.6 is 11.6 Å². The third-order valence-corrected chi connectivity index (χ3v) is 2.42. The zero-order valence-electron chi connectivity index (χ0n) is 8.63. The number of hydrogen-bond acceptors (Lipinski definition) is 2. The topological polar surface area (TPSA) is 23.5 Å². The number of rotatable bonds is 4. The Labute approximate surface area is 90.1 Å². The average Bonchev–Trinajstić information content (AvgIpc) is 2.18. The molecule has 2 nitrogen and oxygen atoms in total. The van der Waals surface area contributed by atoms with E-state index < -0.39 is 0 Å². The summed E-state index contributed by atoms with van der Waals surface area (Å²) in [6.45, 7) is 3.15. The molecule has 1 N–H and O–H groups in total. The Morgan fingerprint density at radius 1 is 1.43 bits per heavy atom. The summed E-state index contributed by atoms with van der Waals surface area (Å²) in [4.78, 5) is 2.11. The van der Waals surface area contributed by atoms with E-state index in [2.05, 4.69) is 11.8 Å². The molecule has 1 aromatic rings. The molecule has 0 saturated heterocycles. The molecule has 0 spiro atoms. The fraction of sp³-hybridized carbons (Fsp3) is 0.455. The normalized spacial score (nSPS) is 10.3. The first-order valence-corrected chi connectivity index (χ1v) is 5.17. The van der Waals surface area contributed by atoms with E-state index in [9.17, 15) is 0 Å². The molecule has 78 valence electrons. The van der Waals surface area contributed by atoms with Crippen molar-refractivity contribution in [3.63, 3.8) is 0 Å². The first-order chi connectivity index (χ1) is 6.69. The highest BCUT2D eigenvalue weighted by Crippen LogP contribution is 2.24. The van der Waals surface area contributed by atoms with Gasteiger partial charge in [-0.2, -0.15) is 0 Å². The van der Waals surface area contributed by atoms with Crippen molar-refractivity contribution < 1.29 is 5.11 Å². The molecule has 0 bridgehead atoms.